The summed E-state index contributed by atoms with van der Waals surface area (Å²) in [4.78, 5) is 11.9. The Hall–Kier alpha value is -2.28. The molecule has 0 bridgehead atoms. The van der Waals surface area contributed by atoms with Gasteiger partial charge in [0.1, 0.15) is 6.33 Å². The van der Waals surface area contributed by atoms with Crippen molar-refractivity contribution in [2.45, 2.75) is 26.7 Å². The van der Waals surface area contributed by atoms with Crippen LogP contribution in [-0.4, -0.2) is 32.7 Å². The molecule has 1 atom stereocenters. The zero-order valence-corrected chi connectivity index (χ0v) is 12.3. The average molecular weight is 288 g/mol. The number of aryl methyl sites for hydroxylation is 1. The van der Waals surface area contributed by atoms with Gasteiger partial charge in [-0.3, -0.25) is 4.79 Å². The molecular weight excluding hydrogens is 268 g/mol. The van der Waals surface area contributed by atoms with Crippen molar-refractivity contribution in [3.63, 3.8) is 0 Å². The number of hydrogen-bond acceptors (Lipinski definition) is 5. The van der Waals surface area contributed by atoms with E-state index in [1.165, 1.54) is 6.33 Å². The maximum Gasteiger partial charge on any atom is 0.224 e. The highest BCUT2D eigenvalue weighted by molar-refractivity contribution is 5.90. The highest BCUT2D eigenvalue weighted by atomic mass is 16.1. The van der Waals surface area contributed by atoms with Gasteiger partial charge in [-0.2, -0.15) is 0 Å². The van der Waals surface area contributed by atoms with E-state index in [-0.39, 0.29) is 5.91 Å². The molecule has 0 fully saturated rings. The first-order valence-corrected chi connectivity index (χ1v) is 6.94. The summed E-state index contributed by atoms with van der Waals surface area (Å²) >= 11 is 0. The quantitative estimate of drug-likeness (QED) is 0.834. The Labute approximate surface area is 123 Å². The first-order valence-electron chi connectivity index (χ1n) is 6.94. The summed E-state index contributed by atoms with van der Waals surface area (Å²) in [6, 6.07) is 5.62. The van der Waals surface area contributed by atoms with Crippen molar-refractivity contribution in [2.75, 3.05) is 11.9 Å². The standard InChI is InChI=1S/C14H20N6O/c1-10(8-15)3-6-14(21)17-12-4-5-13(11(2)7-12)20-9-16-18-19-20/h4-5,7,9-10H,3,6,8,15H2,1-2H3,(H,17,21). The molecule has 21 heavy (non-hydrogen) atoms. The van der Waals surface area contributed by atoms with Crippen molar-refractivity contribution in [1.29, 1.82) is 0 Å². The van der Waals surface area contributed by atoms with Crippen LogP contribution in [0, 0.1) is 12.8 Å². The SMILES string of the molecule is Cc1cc(NC(=O)CCC(C)CN)ccc1-n1cnnn1. The highest BCUT2D eigenvalue weighted by Crippen LogP contribution is 2.18. The van der Waals surface area contributed by atoms with E-state index in [1.54, 1.807) is 4.68 Å². The minimum absolute atomic E-state index is 0.00451. The van der Waals surface area contributed by atoms with Crippen LogP contribution in [0.4, 0.5) is 5.69 Å². The van der Waals surface area contributed by atoms with Crippen LogP contribution in [0.5, 0.6) is 0 Å². The topological polar surface area (TPSA) is 98.7 Å². The van der Waals surface area contributed by atoms with E-state index < -0.39 is 0 Å². The molecule has 1 unspecified atom stereocenters. The molecule has 0 radical (unpaired) electrons. The molecule has 2 rings (SSSR count). The third kappa shape index (κ3) is 4.09. The van der Waals surface area contributed by atoms with Crippen LogP contribution in [0.15, 0.2) is 24.5 Å². The summed E-state index contributed by atoms with van der Waals surface area (Å²) < 4.78 is 1.59. The second-order valence-corrected chi connectivity index (χ2v) is 5.18. The van der Waals surface area contributed by atoms with E-state index in [0.29, 0.717) is 18.9 Å². The third-order valence-corrected chi connectivity index (χ3v) is 3.34. The number of nitrogens with two attached hydrogens (primary N) is 1. The number of anilines is 1. The predicted molar refractivity (Wildman–Crippen MR) is 80.0 cm³/mol. The lowest BCUT2D eigenvalue weighted by Gasteiger charge is -2.10. The lowest BCUT2D eigenvalue weighted by molar-refractivity contribution is -0.116. The maximum atomic E-state index is 11.9. The van der Waals surface area contributed by atoms with Crippen molar-refractivity contribution in [1.82, 2.24) is 20.2 Å². The smallest absolute Gasteiger partial charge is 0.224 e. The third-order valence-electron chi connectivity index (χ3n) is 3.34. The zero-order chi connectivity index (χ0) is 15.2. The molecule has 1 amide bonds. The van der Waals surface area contributed by atoms with E-state index in [0.717, 1.165) is 23.4 Å². The van der Waals surface area contributed by atoms with E-state index in [2.05, 4.69) is 20.8 Å². The lowest BCUT2D eigenvalue weighted by Crippen LogP contribution is -2.16. The maximum absolute atomic E-state index is 11.9. The zero-order valence-electron chi connectivity index (χ0n) is 12.3. The van der Waals surface area contributed by atoms with Gasteiger partial charge in [0.2, 0.25) is 5.91 Å². The minimum atomic E-state index is 0.00451. The fourth-order valence-corrected chi connectivity index (χ4v) is 1.98. The average Bonchev–Trinajstić information content (AvgIpc) is 2.98. The number of tetrazole rings is 1. The first kappa shape index (κ1) is 15.1. The molecule has 1 heterocycles. The van der Waals surface area contributed by atoms with Crippen LogP contribution in [0.1, 0.15) is 25.3 Å². The summed E-state index contributed by atoms with van der Waals surface area (Å²) in [6.45, 7) is 4.59. The molecule has 3 N–H and O–H groups in total. The lowest BCUT2D eigenvalue weighted by atomic mass is 10.1. The number of amides is 1. The molecule has 0 aliphatic carbocycles. The molecule has 2 aromatic rings. The van der Waals surface area contributed by atoms with E-state index >= 15 is 0 Å². The fourth-order valence-electron chi connectivity index (χ4n) is 1.98. The summed E-state index contributed by atoms with van der Waals surface area (Å²) in [5.41, 5.74) is 8.18. The van der Waals surface area contributed by atoms with Gasteiger partial charge in [-0.05, 0) is 60.0 Å². The number of nitrogens with zero attached hydrogens (tertiary/aromatic N) is 4. The van der Waals surface area contributed by atoms with Crippen molar-refractivity contribution in [3.05, 3.63) is 30.1 Å². The van der Waals surface area contributed by atoms with E-state index in [1.807, 2.05) is 32.0 Å². The van der Waals surface area contributed by atoms with Gasteiger partial charge in [-0.15, -0.1) is 5.10 Å². The van der Waals surface area contributed by atoms with Crippen LogP contribution in [0.2, 0.25) is 0 Å². The highest BCUT2D eigenvalue weighted by Gasteiger charge is 2.08. The first-order chi connectivity index (χ1) is 10.1. The Kier molecular flexibility index (Phi) is 4.99. The Morgan fingerprint density at radius 1 is 1.48 bits per heavy atom. The normalized spacial score (nSPS) is 12.1. The number of nitrogens with one attached hydrogen (secondary N) is 1. The van der Waals surface area contributed by atoms with Crippen LogP contribution >= 0.6 is 0 Å². The molecule has 0 saturated heterocycles. The van der Waals surface area contributed by atoms with Crippen molar-refractivity contribution < 1.29 is 4.79 Å². The van der Waals surface area contributed by atoms with Crippen molar-refractivity contribution in [3.8, 4) is 5.69 Å². The summed E-state index contributed by atoms with van der Waals surface area (Å²) in [5, 5.41) is 14.0. The number of carbonyl (C=O) groups excluding carboxylic acids is 1. The van der Waals surface area contributed by atoms with Gasteiger partial charge < -0.3 is 11.1 Å². The summed E-state index contributed by atoms with van der Waals surface area (Å²) in [5.74, 6) is 0.365. The Balaban J connectivity index is 1.99. The molecule has 0 aliphatic rings. The Morgan fingerprint density at radius 3 is 2.90 bits per heavy atom. The Morgan fingerprint density at radius 2 is 2.29 bits per heavy atom. The van der Waals surface area contributed by atoms with E-state index in [4.69, 9.17) is 5.73 Å². The molecular formula is C14H20N6O. The minimum Gasteiger partial charge on any atom is -0.330 e. The largest absolute Gasteiger partial charge is 0.330 e. The second kappa shape index (κ2) is 6.94. The fraction of sp³-hybridized carbons (Fsp3) is 0.429. The molecule has 1 aromatic carbocycles. The van der Waals surface area contributed by atoms with Gasteiger partial charge in [0.05, 0.1) is 5.69 Å². The number of carbonyl (C=O) groups is 1. The molecule has 0 aliphatic heterocycles. The molecule has 112 valence electrons. The van der Waals surface area contributed by atoms with Gasteiger partial charge in [0, 0.05) is 12.1 Å². The van der Waals surface area contributed by atoms with Crippen LogP contribution in [-0.2, 0) is 4.79 Å². The summed E-state index contributed by atoms with van der Waals surface area (Å²) in [6.07, 6.45) is 2.81. The van der Waals surface area contributed by atoms with Crippen LogP contribution < -0.4 is 11.1 Å². The van der Waals surface area contributed by atoms with Crippen molar-refractivity contribution in [2.24, 2.45) is 11.7 Å². The van der Waals surface area contributed by atoms with Gasteiger partial charge >= 0.3 is 0 Å². The monoisotopic (exact) mass is 288 g/mol. The molecule has 1 aromatic heterocycles. The predicted octanol–water partition coefficient (Wildman–Crippen LogP) is 1.28. The van der Waals surface area contributed by atoms with Gasteiger partial charge in [-0.25, -0.2) is 4.68 Å². The van der Waals surface area contributed by atoms with Gasteiger partial charge in [0.25, 0.3) is 0 Å². The number of rotatable bonds is 6. The molecule has 0 saturated carbocycles. The van der Waals surface area contributed by atoms with Crippen LogP contribution in [0.25, 0.3) is 5.69 Å². The number of aromatic nitrogens is 4. The Bertz CT molecular complexity index is 596. The van der Waals surface area contributed by atoms with Crippen LogP contribution in [0.3, 0.4) is 0 Å². The van der Waals surface area contributed by atoms with Crippen molar-refractivity contribution >= 4 is 11.6 Å². The second-order valence-electron chi connectivity index (χ2n) is 5.18. The molecule has 7 heteroatoms. The summed E-state index contributed by atoms with van der Waals surface area (Å²) in [7, 11) is 0. The molecule has 0 spiro atoms. The van der Waals surface area contributed by atoms with Gasteiger partial charge in [-0.1, -0.05) is 6.92 Å². The number of hydrogen-bond donors (Lipinski definition) is 2. The van der Waals surface area contributed by atoms with Gasteiger partial charge in [0.15, 0.2) is 0 Å². The number of benzene rings is 1. The van der Waals surface area contributed by atoms with E-state index in [9.17, 15) is 4.79 Å². The molecule has 7 nitrogen and oxygen atoms in total.